The van der Waals surface area contributed by atoms with E-state index >= 15 is 0 Å². The van der Waals surface area contributed by atoms with Crippen LogP contribution in [0.5, 0.6) is 0 Å². The van der Waals surface area contributed by atoms with Crippen LogP contribution in [-0.2, 0) is 9.53 Å². The zero-order valence-electron chi connectivity index (χ0n) is 12.4. The minimum Gasteiger partial charge on any atom is -0.469 e. The van der Waals surface area contributed by atoms with E-state index in [1.807, 2.05) is 24.3 Å². The van der Waals surface area contributed by atoms with E-state index in [0.717, 1.165) is 30.2 Å². The van der Waals surface area contributed by atoms with Crippen LogP contribution >= 0.6 is 15.9 Å². The van der Waals surface area contributed by atoms with E-state index in [1.165, 1.54) is 13.5 Å². The van der Waals surface area contributed by atoms with Crippen molar-refractivity contribution < 1.29 is 14.3 Å². The molecule has 0 saturated heterocycles. The van der Waals surface area contributed by atoms with E-state index in [9.17, 15) is 9.59 Å². The summed E-state index contributed by atoms with van der Waals surface area (Å²) in [5.74, 6) is -0.0536. The number of hydrogen-bond acceptors (Lipinski definition) is 3. The molecule has 1 aromatic carbocycles. The van der Waals surface area contributed by atoms with Gasteiger partial charge in [0.25, 0.3) is 0 Å². The Labute approximate surface area is 134 Å². The monoisotopic (exact) mass is 352 g/mol. The number of Topliss-reactive ketones (excluding diaryl/α,β-unsaturated/α-hetero) is 1. The summed E-state index contributed by atoms with van der Waals surface area (Å²) in [5.41, 5.74) is 0.256. The van der Waals surface area contributed by atoms with Crippen molar-refractivity contribution >= 4 is 27.7 Å². The van der Waals surface area contributed by atoms with Crippen LogP contribution in [0.25, 0.3) is 0 Å². The van der Waals surface area contributed by atoms with Gasteiger partial charge in [-0.15, -0.1) is 0 Å². The van der Waals surface area contributed by atoms with E-state index in [0.29, 0.717) is 18.4 Å². The molecule has 2 rings (SSSR count). The van der Waals surface area contributed by atoms with E-state index < -0.39 is 5.41 Å². The van der Waals surface area contributed by atoms with E-state index in [-0.39, 0.29) is 11.8 Å². The fourth-order valence-corrected chi connectivity index (χ4v) is 3.40. The zero-order chi connectivity index (χ0) is 15.3. The van der Waals surface area contributed by atoms with Crippen molar-refractivity contribution in [2.45, 2.75) is 44.9 Å². The first-order valence-electron chi connectivity index (χ1n) is 7.45. The van der Waals surface area contributed by atoms with Crippen LogP contribution < -0.4 is 0 Å². The number of rotatable bonds is 5. The predicted molar refractivity (Wildman–Crippen MR) is 85.2 cm³/mol. The molecule has 1 saturated carbocycles. The largest absolute Gasteiger partial charge is 0.469 e. The SMILES string of the molecule is COC(=O)C1(CCC(=O)c2ccc(Br)cc2)CCCCC1. The average molecular weight is 353 g/mol. The third kappa shape index (κ3) is 3.94. The molecule has 0 heterocycles. The maximum Gasteiger partial charge on any atom is 0.311 e. The summed E-state index contributed by atoms with van der Waals surface area (Å²) >= 11 is 3.36. The highest BCUT2D eigenvalue weighted by Crippen LogP contribution is 2.41. The van der Waals surface area contributed by atoms with Gasteiger partial charge < -0.3 is 4.74 Å². The lowest BCUT2D eigenvalue weighted by atomic mass is 9.70. The first-order chi connectivity index (χ1) is 10.1. The van der Waals surface area contributed by atoms with Gasteiger partial charge in [-0.05, 0) is 31.4 Å². The molecule has 1 aliphatic rings. The molecular formula is C17H21BrO3. The van der Waals surface area contributed by atoms with Crippen LogP contribution in [0.1, 0.15) is 55.3 Å². The molecular weight excluding hydrogens is 332 g/mol. The van der Waals surface area contributed by atoms with Crippen LogP contribution in [0.15, 0.2) is 28.7 Å². The van der Waals surface area contributed by atoms with Gasteiger partial charge in [-0.2, -0.15) is 0 Å². The molecule has 1 aromatic rings. The molecule has 0 aliphatic heterocycles. The molecule has 0 aromatic heterocycles. The summed E-state index contributed by atoms with van der Waals surface area (Å²) in [4.78, 5) is 24.4. The number of carbonyl (C=O) groups is 2. The van der Waals surface area contributed by atoms with E-state index in [1.54, 1.807) is 0 Å². The van der Waals surface area contributed by atoms with Crippen LogP contribution in [0.4, 0.5) is 0 Å². The summed E-state index contributed by atoms with van der Waals surface area (Å²) in [6, 6.07) is 7.37. The van der Waals surface area contributed by atoms with Crippen LogP contribution in [0.3, 0.4) is 0 Å². The first-order valence-corrected chi connectivity index (χ1v) is 8.24. The van der Waals surface area contributed by atoms with Gasteiger partial charge in [-0.25, -0.2) is 0 Å². The molecule has 0 bridgehead atoms. The molecule has 0 amide bonds. The molecule has 1 aliphatic carbocycles. The summed E-state index contributed by atoms with van der Waals surface area (Å²) in [7, 11) is 1.44. The van der Waals surface area contributed by atoms with Crippen molar-refractivity contribution in [2.24, 2.45) is 5.41 Å². The van der Waals surface area contributed by atoms with Crippen molar-refractivity contribution in [3.05, 3.63) is 34.3 Å². The lowest BCUT2D eigenvalue weighted by Crippen LogP contribution is -2.35. The van der Waals surface area contributed by atoms with Gasteiger partial charge in [0.05, 0.1) is 12.5 Å². The Morgan fingerprint density at radius 2 is 1.76 bits per heavy atom. The number of carbonyl (C=O) groups excluding carboxylic acids is 2. The Hall–Kier alpha value is -1.16. The molecule has 0 unspecified atom stereocenters. The first kappa shape index (κ1) is 16.2. The highest BCUT2D eigenvalue weighted by molar-refractivity contribution is 9.10. The van der Waals surface area contributed by atoms with Gasteiger partial charge in [-0.1, -0.05) is 47.3 Å². The smallest absolute Gasteiger partial charge is 0.311 e. The maximum absolute atomic E-state index is 12.3. The lowest BCUT2D eigenvalue weighted by molar-refractivity contribution is -0.155. The Bertz CT molecular complexity index is 501. The third-order valence-electron chi connectivity index (χ3n) is 4.43. The lowest BCUT2D eigenvalue weighted by Gasteiger charge is -2.34. The molecule has 0 atom stereocenters. The van der Waals surface area contributed by atoms with Gasteiger partial charge in [0.1, 0.15) is 0 Å². The summed E-state index contributed by atoms with van der Waals surface area (Å²) in [5, 5.41) is 0. The number of benzene rings is 1. The van der Waals surface area contributed by atoms with Crippen molar-refractivity contribution in [3.63, 3.8) is 0 Å². The third-order valence-corrected chi connectivity index (χ3v) is 4.95. The molecule has 114 valence electrons. The molecule has 21 heavy (non-hydrogen) atoms. The van der Waals surface area contributed by atoms with Crippen molar-refractivity contribution in [3.8, 4) is 0 Å². The van der Waals surface area contributed by atoms with Crippen molar-refractivity contribution in [1.29, 1.82) is 0 Å². The average Bonchev–Trinajstić information content (AvgIpc) is 2.53. The number of ketones is 1. The normalized spacial score (nSPS) is 17.2. The fourth-order valence-electron chi connectivity index (χ4n) is 3.13. The van der Waals surface area contributed by atoms with Crippen LogP contribution in [0, 0.1) is 5.41 Å². The van der Waals surface area contributed by atoms with Crippen LogP contribution in [-0.4, -0.2) is 18.9 Å². The van der Waals surface area contributed by atoms with Crippen LogP contribution in [0.2, 0.25) is 0 Å². The number of esters is 1. The van der Waals surface area contributed by atoms with Gasteiger partial charge in [0.15, 0.2) is 5.78 Å². The summed E-state index contributed by atoms with van der Waals surface area (Å²) in [6.07, 6.45) is 5.93. The second-order valence-electron chi connectivity index (χ2n) is 5.76. The number of ether oxygens (including phenoxy) is 1. The second kappa shape index (κ2) is 7.21. The van der Waals surface area contributed by atoms with Gasteiger partial charge in [-0.3, -0.25) is 9.59 Å². The van der Waals surface area contributed by atoms with Gasteiger partial charge in [0, 0.05) is 16.5 Å². The fraction of sp³-hybridized carbons (Fsp3) is 0.529. The Kier molecular flexibility index (Phi) is 5.57. The Morgan fingerprint density at radius 3 is 2.33 bits per heavy atom. The van der Waals surface area contributed by atoms with Crippen molar-refractivity contribution in [1.82, 2.24) is 0 Å². The standard InChI is InChI=1S/C17H21BrO3/c1-21-16(20)17(10-3-2-4-11-17)12-9-15(19)13-5-7-14(18)8-6-13/h5-8H,2-4,9-12H2,1H3. The Morgan fingerprint density at radius 1 is 1.14 bits per heavy atom. The maximum atomic E-state index is 12.3. The molecule has 0 N–H and O–H groups in total. The van der Waals surface area contributed by atoms with Crippen molar-refractivity contribution in [2.75, 3.05) is 7.11 Å². The molecule has 0 spiro atoms. The van der Waals surface area contributed by atoms with E-state index in [2.05, 4.69) is 15.9 Å². The molecule has 4 heteroatoms. The Balaban J connectivity index is 2.03. The summed E-state index contributed by atoms with van der Waals surface area (Å²) in [6.45, 7) is 0. The quantitative estimate of drug-likeness (QED) is 0.577. The topological polar surface area (TPSA) is 43.4 Å². The molecule has 1 fully saturated rings. The highest BCUT2D eigenvalue weighted by atomic mass is 79.9. The van der Waals surface area contributed by atoms with Gasteiger partial charge in [0.2, 0.25) is 0 Å². The summed E-state index contributed by atoms with van der Waals surface area (Å²) < 4.78 is 5.95. The minimum absolute atomic E-state index is 0.0938. The zero-order valence-corrected chi connectivity index (χ0v) is 13.9. The highest BCUT2D eigenvalue weighted by Gasteiger charge is 2.40. The molecule has 0 radical (unpaired) electrons. The predicted octanol–water partition coefficient (Wildman–Crippen LogP) is 4.54. The van der Waals surface area contributed by atoms with E-state index in [4.69, 9.17) is 4.74 Å². The number of halogens is 1. The number of methoxy groups -OCH3 is 1. The van der Waals surface area contributed by atoms with Gasteiger partial charge >= 0.3 is 5.97 Å². The number of hydrogen-bond donors (Lipinski definition) is 0. The molecule has 3 nitrogen and oxygen atoms in total. The second-order valence-corrected chi connectivity index (χ2v) is 6.68. The minimum atomic E-state index is -0.446.